The smallest absolute Gasteiger partial charge is 0.236 e. The van der Waals surface area contributed by atoms with Crippen LogP contribution in [0.5, 0.6) is 0 Å². The van der Waals surface area contributed by atoms with Gasteiger partial charge in [-0.2, -0.15) is 0 Å². The lowest BCUT2D eigenvalue weighted by atomic mass is 9.79. The van der Waals surface area contributed by atoms with Gasteiger partial charge in [-0.05, 0) is 30.5 Å². The van der Waals surface area contributed by atoms with Crippen molar-refractivity contribution in [2.24, 2.45) is 16.3 Å². The van der Waals surface area contributed by atoms with Crippen LogP contribution < -0.4 is 5.73 Å². The Kier molecular flexibility index (Phi) is 6.03. The van der Waals surface area contributed by atoms with E-state index < -0.39 is 5.41 Å². The van der Waals surface area contributed by atoms with Crippen LogP contribution in [-0.4, -0.2) is 28.9 Å². The van der Waals surface area contributed by atoms with E-state index in [4.69, 9.17) is 22.5 Å². The predicted octanol–water partition coefficient (Wildman–Crippen LogP) is 2.85. The number of nitrogens with zero attached hydrogens (tertiary/aromatic N) is 2. The van der Waals surface area contributed by atoms with Crippen LogP contribution >= 0.6 is 11.6 Å². The van der Waals surface area contributed by atoms with Gasteiger partial charge >= 0.3 is 0 Å². The van der Waals surface area contributed by atoms with Crippen LogP contribution in [0.3, 0.4) is 0 Å². The molecule has 0 spiro atoms. The van der Waals surface area contributed by atoms with Crippen molar-refractivity contribution in [2.75, 3.05) is 7.05 Å². The minimum Gasteiger partial charge on any atom is -0.409 e. The highest BCUT2D eigenvalue weighted by Crippen LogP contribution is 2.29. The molecule has 0 atom stereocenters. The van der Waals surface area contributed by atoms with Crippen LogP contribution in [0.15, 0.2) is 29.4 Å². The number of carbonyl (C=O) groups excluding carboxylic acids is 1. The topological polar surface area (TPSA) is 78.9 Å². The van der Waals surface area contributed by atoms with Crippen LogP contribution in [0, 0.1) is 5.41 Å². The molecule has 0 heterocycles. The largest absolute Gasteiger partial charge is 0.409 e. The van der Waals surface area contributed by atoms with E-state index in [0.717, 1.165) is 5.56 Å². The van der Waals surface area contributed by atoms with Crippen LogP contribution in [0.1, 0.15) is 32.3 Å². The second kappa shape index (κ2) is 7.31. The lowest BCUT2D eigenvalue weighted by Gasteiger charge is -2.33. The fraction of sp³-hybridized carbons (Fsp3) is 0.467. The molecular weight excluding hydrogens is 290 g/mol. The number of hydrogen-bond acceptors (Lipinski definition) is 3. The SMILES string of the molecule is CCC(CC)(C(=O)N(C)Cc1cccc(Cl)c1)C(N)=NO. The first kappa shape index (κ1) is 17.3. The Hall–Kier alpha value is -1.75. The molecule has 0 aliphatic carbocycles. The fourth-order valence-electron chi connectivity index (χ4n) is 2.47. The van der Waals surface area contributed by atoms with Gasteiger partial charge in [0.15, 0.2) is 5.84 Å². The zero-order chi connectivity index (χ0) is 16.0. The summed E-state index contributed by atoms with van der Waals surface area (Å²) in [6, 6.07) is 7.34. The molecule has 0 aliphatic rings. The Morgan fingerprint density at radius 1 is 1.43 bits per heavy atom. The van der Waals surface area contributed by atoms with E-state index >= 15 is 0 Å². The number of oxime groups is 1. The van der Waals surface area contributed by atoms with Gasteiger partial charge in [0.05, 0.1) is 0 Å². The molecule has 0 bridgehead atoms. The third-order valence-electron chi connectivity index (χ3n) is 3.87. The molecule has 6 heteroatoms. The summed E-state index contributed by atoms with van der Waals surface area (Å²) < 4.78 is 0. The molecule has 116 valence electrons. The van der Waals surface area contributed by atoms with Gasteiger partial charge in [-0.15, -0.1) is 0 Å². The first-order valence-corrected chi connectivity index (χ1v) is 7.27. The van der Waals surface area contributed by atoms with Crippen molar-refractivity contribution in [1.82, 2.24) is 4.90 Å². The summed E-state index contributed by atoms with van der Waals surface area (Å²) >= 11 is 5.95. The van der Waals surface area contributed by atoms with Crippen molar-refractivity contribution in [2.45, 2.75) is 33.2 Å². The van der Waals surface area contributed by atoms with Gasteiger partial charge in [0.1, 0.15) is 5.41 Å². The lowest BCUT2D eigenvalue weighted by Crippen LogP contribution is -2.49. The number of hydrogen-bond donors (Lipinski definition) is 2. The van der Waals surface area contributed by atoms with Crippen LogP contribution in [0.2, 0.25) is 5.02 Å². The molecule has 0 aliphatic heterocycles. The first-order valence-electron chi connectivity index (χ1n) is 6.89. The Balaban J connectivity index is 2.99. The zero-order valence-corrected chi connectivity index (χ0v) is 13.4. The summed E-state index contributed by atoms with van der Waals surface area (Å²) in [5.74, 6) is -0.210. The Bertz CT molecular complexity index is 527. The number of amides is 1. The maximum Gasteiger partial charge on any atom is 0.236 e. The highest BCUT2D eigenvalue weighted by Gasteiger charge is 2.41. The molecular formula is C15H22ClN3O2. The summed E-state index contributed by atoms with van der Waals surface area (Å²) in [4.78, 5) is 14.3. The van der Waals surface area contributed by atoms with E-state index in [0.29, 0.717) is 24.4 Å². The van der Waals surface area contributed by atoms with Crippen LogP contribution in [0.4, 0.5) is 0 Å². The van der Waals surface area contributed by atoms with Gasteiger partial charge in [-0.1, -0.05) is 42.7 Å². The monoisotopic (exact) mass is 311 g/mol. The molecule has 21 heavy (non-hydrogen) atoms. The number of amidine groups is 1. The van der Waals surface area contributed by atoms with E-state index in [1.807, 2.05) is 32.0 Å². The standard InChI is InChI=1S/C15H22ClN3O2/c1-4-15(5-2,13(17)18-21)14(20)19(3)10-11-7-6-8-12(16)9-11/h6-9,21H,4-5,10H2,1-3H3,(H2,17,18). The van der Waals surface area contributed by atoms with Gasteiger partial charge < -0.3 is 15.8 Å². The van der Waals surface area contributed by atoms with Crippen LogP contribution in [0.25, 0.3) is 0 Å². The number of carbonyl (C=O) groups is 1. The second-order valence-corrected chi connectivity index (χ2v) is 5.50. The van der Waals surface area contributed by atoms with Crippen molar-refractivity contribution >= 4 is 23.3 Å². The third kappa shape index (κ3) is 3.67. The van der Waals surface area contributed by atoms with E-state index in [2.05, 4.69) is 5.16 Å². The van der Waals surface area contributed by atoms with Crippen molar-refractivity contribution in [3.8, 4) is 0 Å². The number of benzene rings is 1. The highest BCUT2D eigenvalue weighted by molar-refractivity contribution is 6.30. The molecule has 3 N–H and O–H groups in total. The van der Waals surface area contributed by atoms with Crippen molar-refractivity contribution in [3.05, 3.63) is 34.9 Å². The summed E-state index contributed by atoms with van der Waals surface area (Å²) in [6.45, 7) is 4.12. The van der Waals surface area contributed by atoms with E-state index in [1.54, 1.807) is 18.0 Å². The molecule has 0 aromatic heterocycles. The van der Waals surface area contributed by atoms with Gasteiger partial charge in [0.25, 0.3) is 0 Å². The summed E-state index contributed by atoms with van der Waals surface area (Å²) in [7, 11) is 1.70. The summed E-state index contributed by atoms with van der Waals surface area (Å²) in [5, 5.41) is 12.6. The number of halogens is 1. The molecule has 0 saturated carbocycles. The van der Waals surface area contributed by atoms with Crippen molar-refractivity contribution in [1.29, 1.82) is 0 Å². The summed E-state index contributed by atoms with van der Waals surface area (Å²) in [5.41, 5.74) is 5.72. The van der Waals surface area contributed by atoms with E-state index in [1.165, 1.54) is 0 Å². The molecule has 0 unspecified atom stereocenters. The van der Waals surface area contributed by atoms with Gasteiger partial charge in [0, 0.05) is 18.6 Å². The molecule has 1 aromatic carbocycles. The minimum atomic E-state index is -0.970. The molecule has 1 aromatic rings. The predicted molar refractivity (Wildman–Crippen MR) is 84.3 cm³/mol. The van der Waals surface area contributed by atoms with Gasteiger partial charge in [-0.3, -0.25) is 4.79 Å². The van der Waals surface area contributed by atoms with Gasteiger partial charge in [-0.25, -0.2) is 0 Å². The second-order valence-electron chi connectivity index (χ2n) is 5.07. The third-order valence-corrected chi connectivity index (χ3v) is 4.11. The molecule has 1 rings (SSSR count). The summed E-state index contributed by atoms with van der Waals surface area (Å²) in [6.07, 6.45) is 0.941. The van der Waals surface area contributed by atoms with Crippen molar-refractivity contribution < 1.29 is 10.0 Å². The average molecular weight is 312 g/mol. The Morgan fingerprint density at radius 3 is 2.52 bits per heavy atom. The minimum absolute atomic E-state index is 0.0459. The maximum absolute atomic E-state index is 12.7. The lowest BCUT2D eigenvalue weighted by molar-refractivity contribution is -0.138. The zero-order valence-electron chi connectivity index (χ0n) is 12.6. The molecule has 0 saturated heterocycles. The molecule has 0 radical (unpaired) electrons. The molecule has 1 amide bonds. The van der Waals surface area contributed by atoms with Crippen LogP contribution in [-0.2, 0) is 11.3 Å². The molecule has 0 fully saturated rings. The number of nitrogens with two attached hydrogens (primary N) is 1. The first-order chi connectivity index (χ1) is 9.91. The quantitative estimate of drug-likeness (QED) is 0.367. The average Bonchev–Trinajstić information content (AvgIpc) is 2.48. The van der Waals surface area contributed by atoms with Gasteiger partial charge in [0.2, 0.25) is 5.91 Å². The Labute approximate surface area is 130 Å². The number of rotatable bonds is 6. The van der Waals surface area contributed by atoms with E-state index in [9.17, 15) is 4.79 Å². The highest BCUT2D eigenvalue weighted by atomic mass is 35.5. The normalized spacial score (nSPS) is 12.3. The van der Waals surface area contributed by atoms with Crippen molar-refractivity contribution in [3.63, 3.8) is 0 Å². The molecule has 5 nitrogen and oxygen atoms in total. The Morgan fingerprint density at radius 2 is 2.05 bits per heavy atom. The fourth-order valence-corrected chi connectivity index (χ4v) is 2.68. The maximum atomic E-state index is 12.7. The van der Waals surface area contributed by atoms with E-state index in [-0.39, 0.29) is 11.7 Å².